The second-order valence-electron chi connectivity index (χ2n) is 4.91. The van der Waals surface area contributed by atoms with Crippen LogP contribution in [0.25, 0.3) is 0 Å². The fraction of sp³-hybridized carbons (Fsp3) is 0.429. The lowest BCUT2D eigenvalue weighted by atomic mass is 10.0. The van der Waals surface area contributed by atoms with E-state index in [4.69, 9.17) is 33.7 Å². The number of benzene rings is 1. The van der Waals surface area contributed by atoms with Crippen LogP contribution in [0.4, 0.5) is 0 Å². The predicted octanol–water partition coefficient (Wildman–Crippen LogP) is 1.68. The standard InChI is InChI=1S/C14H16Cl2N2O3/c15-9-4-3-8(10(16)7-9)6-11(13(17)19)18-14(20)12-2-1-5-21-12/h3-4,7,11-12H,1-2,5-6H2,(H2,17,19)(H,18,20)/t11-,12-/m0/s1. The van der Waals surface area contributed by atoms with Crippen LogP contribution >= 0.6 is 23.2 Å². The highest BCUT2D eigenvalue weighted by atomic mass is 35.5. The van der Waals surface area contributed by atoms with Crippen molar-refractivity contribution >= 4 is 35.0 Å². The molecule has 7 heteroatoms. The molecular weight excluding hydrogens is 315 g/mol. The van der Waals surface area contributed by atoms with E-state index < -0.39 is 18.1 Å². The Hall–Kier alpha value is -1.30. The van der Waals surface area contributed by atoms with Crippen LogP contribution in [0.5, 0.6) is 0 Å². The topological polar surface area (TPSA) is 81.4 Å². The molecule has 2 rings (SSSR count). The number of nitrogens with one attached hydrogen (secondary N) is 1. The molecule has 2 amide bonds. The van der Waals surface area contributed by atoms with E-state index in [1.807, 2.05) is 0 Å². The molecule has 1 aliphatic rings. The molecule has 0 bridgehead atoms. The van der Waals surface area contributed by atoms with Gasteiger partial charge in [-0.3, -0.25) is 9.59 Å². The van der Waals surface area contributed by atoms with Crippen LogP contribution in [0.1, 0.15) is 18.4 Å². The smallest absolute Gasteiger partial charge is 0.249 e. The molecule has 0 unspecified atom stereocenters. The molecule has 1 saturated heterocycles. The Morgan fingerprint density at radius 1 is 1.43 bits per heavy atom. The normalized spacial score (nSPS) is 19.2. The molecule has 1 aliphatic heterocycles. The molecule has 1 heterocycles. The number of nitrogens with two attached hydrogens (primary N) is 1. The van der Waals surface area contributed by atoms with E-state index in [0.717, 1.165) is 6.42 Å². The number of hydrogen-bond acceptors (Lipinski definition) is 3. The highest BCUT2D eigenvalue weighted by Crippen LogP contribution is 2.22. The molecule has 0 radical (unpaired) electrons. The molecule has 1 aromatic carbocycles. The van der Waals surface area contributed by atoms with Gasteiger partial charge in [-0.05, 0) is 30.5 Å². The number of ether oxygens (including phenoxy) is 1. The maximum absolute atomic E-state index is 12.0. The largest absolute Gasteiger partial charge is 0.368 e. The maximum Gasteiger partial charge on any atom is 0.249 e. The second-order valence-corrected chi connectivity index (χ2v) is 5.75. The van der Waals surface area contributed by atoms with Crippen molar-refractivity contribution in [3.63, 3.8) is 0 Å². The summed E-state index contributed by atoms with van der Waals surface area (Å²) in [5, 5.41) is 3.55. The van der Waals surface area contributed by atoms with Crippen molar-refractivity contribution in [2.45, 2.75) is 31.4 Å². The lowest BCUT2D eigenvalue weighted by Crippen LogP contribution is -2.49. The van der Waals surface area contributed by atoms with Gasteiger partial charge in [-0.15, -0.1) is 0 Å². The Kier molecular flexibility index (Phi) is 5.45. The number of carbonyl (C=O) groups is 2. The van der Waals surface area contributed by atoms with Gasteiger partial charge in [0.2, 0.25) is 11.8 Å². The Balaban J connectivity index is 2.04. The third-order valence-corrected chi connectivity index (χ3v) is 3.91. The van der Waals surface area contributed by atoms with Crippen molar-refractivity contribution in [3.8, 4) is 0 Å². The van der Waals surface area contributed by atoms with Gasteiger partial charge >= 0.3 is 0 Å². The minimum atomic E-state index is -0.833. The van der Waals surface area contributed by atoms with E-state index in [-0.39, 0.29) is 12.3 Å². The predicted molar refractivity (Wildman–Crippen MR) is 80.3 cm³/mol. The zero-order valence-corrected chi connectivity index (χ0v) is 12.8. The second kappa shape index (κ2) is 7.11. The molecule has 0 aromatic heterocycles. The third-order valence-electron chi connectivity index (χ3n) is 3.32. The van der Waals surface area contributed by atoms with Gasteiger partial charge < -0.3 is 15.8 Å². The lowest BCUT2D eigenvalue weighted by molar-refractivity contribution is -0.133. The van der Waals surface area contributed by atoms with Gasteiger partial charge in [-0.1, -0.05) is 29.3 Å². The number of amides is 2. The summed E-state index contributed by atoms with van der Waals surface area (Å²) < 4.78 is 5.28. The van der Waals surface area contributed by atoms with Gasteiger partial charge in [0.25, 0.3) is 0 Å². The van der Waals surface area contributed by atoms with Crippen molar-refractivity contribution in [1.82, 2.24) is 5.32 Å². The van der Waals surface area contributed by atoms with Gasteiger partial charge in [0.15, 0.2) is 0 Å². The van der Waals surface area contributed by atoms with Gasteiger partial charge in [-0.25, -0.2) is 0 Å². The Labute approximate surface area is 132 Å². The SMILES string of the molecule is NC(=O)[C@H](Cc1ccc(Cl)cc1Cl)NC(=O)[C@@H]1CCCO1. The first-order chi connectivity index (χ1) is 9.97. The average molecular weight is 331 g/mol. The molecule has 21 heavy (non-hydrogen) atoms. The van der Waals surface area contributed by atoms with Gasteiger partial charge in [-0.2, -0.15) is 0 Å². The van der Waals surface area contributed by atoms with Crippen molar-refractivity contribution in [3.05, 3.63) is 33.8 Å². The number of halogens is 2. The summed E-state index contributed by atoms with van der Waals surface area (Å²) in [6.07, 6.45) is 1.19. The van der Waals surface area contributed by atoms with Gasteiger partial charge in [0.1, 0.15) is 12.1 Å². The van der Waals surface area contributed by atoms with Crippen LogP contribution in [0, 0.1) is 0 Å². The number of rotatable bonds is 5. The zero-order valence-electron chi connectivity index (χ0n) is 11.3. The minimum Gasteiger partial charge on any atom is -0.368 e. The van der Waals surface area contributed by atoms with Crippen LogP contribution in [0.15, 0.2) is 18.2 Å². The van der Waals surface area contributed by atoms with E-state index in [2.05, 4.69) is 5.32 Å². The monoisotopic (exact) mass is 330 g/mol. The number of primary amides is 1. The van der Waals surface area contributed by atoms with E-state index >= 15 is 0 Å². The Bertz CT molecular complexity index is 545. The fourth-order valence-electron chi connectivity index (χ4n) is 2.18. The van der Waals surface area contributed by atoms with Crippen molar-refractivity contribution in [2.24, 2.45) is 5.73 Å². The molecule has 1 fully saturated rings. The Morgan fingerprint density at radius 3 is 2.76 bits per heavy atom. The quantitative estimate of drug-likeness (QED) is 0.861. The maximum atomic E-state index is 12.0. The van der Waals surface area contributed by atoms with E-state index in [1.165, 1.54) is 0 Å². The molecular formula is C14H16Cl2N2O3. The summed E-state index contributed by atoms with van der Waals surface area (Å²) in [7, 11) is 0. The van der Waals surface area contributed by atoms with Crippen molar-refractivity contribution in [2.75, 3.05) is 6.61 Å². The van der Waals surface area contributed by atoms with Crippen LogP contribution in [-0.4, -0.2) is 30.6 Å². The molecule has 0 aliphatic carbocycles. The first kappa shape index (κ1) is 16.1. The summed E-state index contributed by atoms with van der Waals surface area (Å²) >= 11 is 11.9. The molecule has 0 saturated carbocycles. The average Bonchev–Trinajstić information content (AvgIpc) is 2.94. The molecule has 2 atom stereocenters. The van der Waals surface area contributed by atoms with Crippen LogP contribution in [0.3, 0.4) is 0 Å². The number of hydrogen-bond donors (Lipinski definition) is 2. The van der Waals surface area contributed by atoms with Gasteiger partial charge in [0.05, 0.1) is 0 Å². The van der Waals surface area contributed by atoms with Crippen LogP contribution < -0.4 is 11.1 Å². The first-order valence-electron chi connectivity index (χ1n) is 6.62. The summed E-state index contributed by atoms with van der Waals surface area (Å²) in [4.78, 5) is 23.5. The Morgan fingerprint density at radius 2 is 2.19 bits per heavy atom. The highest BCUT2D eigenvalue weighted by Gasteiger charge is 2.27. The molecule has 1 aromatic rings. The first-order valence-corrected chi connectivity index (χ1v) is 7.38. The minimum absolute atomic E-state index is 0.212. The summed E-state index contributed by atoms with van der Waals surface area (Å²) in [5.74, 6) is -0.936. The van der Waals surface area contributed by atoms with Crippen LogP contribution in [-0.2, 0) is 20.7 Å². The molecule has 5 nitrogen and oxygen atoms in total. The summed E-state index contributed by atoms with van der Waals surface area (Å²) in [6, 6.07) is 4.13. The fourth-order valence-corrected chi connectivity index (χ4v) is 2.66. The van der Waals surface area contributed by atoms with E-state index in [9.17, 15) is 9.59 Å². The van der Waals surface area contributed by atoms with E-state index in [0.29, 0.717) is 28.6 Å². The van der Waals surface area contributed by atoms with E-state index in [1.54, 1.807) is 18.2 Å². The summed E-state index contributed by atoms with van der Waals surface area (Å²) in [5.41, 5.74) is 6.04. The van der Waals surface area contributed by atoms with Crippen molar-refractivity contribution < 1.29 is 14.3 Å². The lowest BCUT2D eigenvalue weighted by Gasteiger charge is -2.18. The van der Waals surface area contributed by atoms with Gasteiger partial charge in [0, 0.05) is 23.1 Å². The zero-order chi connectivity index (χ0) is 15.4. The number of carbonyl (C=O) groups excluding carboxylic acids is 2. The molecule has 3 N–H and O–H groups in total. The molecule has 114 valence electrons. The van der Waals surface area contributed by atoms with Crippen LogP contribution in [0.2, 0.25) is 10.0 Å². The molecule has 0 spiro atoms. The van der Waals surface area contributed by atoms with Crippen molar-refractivity contribution in [1.29, 1.82) is 0 Å². The third kappa shape index (κ3) is 4.33. The summed E-state index contributed by atoms with van der Waals surface area (Å²) in [6.45, 7) is 0.558. The highest BCUT2D eigenvalue weighted by molar-refractivity contribution is 6.35.